The van der Waals surface area contributed by atoms with E-state index in [4.69, 9.17) is 0 Å². The fourth-order valence-electron chi connectivity index (χ4n) is 3.16. The van der Waals surface area contributed by atoms with Gasteiger partial charge in [0.05, 0.1) is 0 Å². The Kier molecular flexibility index (Phi) is 7.15. The Bertz CT molecular complexity index is 392. The topological polar surface area (TPSA) is 15.3 Å². The third-order valence-electron chi connectivity index (χ3n) is 4.14. The van der Waals surface area contributed by atoms with E-state index < -0.39 is 0 Å². The van der Waals surface area contributed by atoms with E-state index in [1.807, 2.05) is 0 Å². The van der Waals surface area contributed by atoms with Gasteiger partial charge in [-0.3, -0.25) is 4.90 Å². The highest BCUT2D eigenvalue weighted by molar-refractivity contribution is 7.64. The number of rotatable bonds is 5. The summed E-state index contributed by atoms with van der Waals surface area (Å²) in [6.07, 6.45) is 4.71. The van der Waals surface area contributed by atoms with Crippen LogP contribution in [0.5, 0.6) is 0 Å². The van der Waals surface area contributed by atoms with Crippen LogP contribution in [0.1, 0.15) is 68.2 Å². The predicted molar refractivity (Wildman–Crippen MR) is 103 cm³/mol. The number of hydrogen-bond acceptors (Lipinski definition) is 2. The molecule has 3 heteroatoms. The molecule has 0 unspecified atom stereocenters. The third kappa shape index (κ3) is 6.05. The van der Waals surface area contributed by atoms with Crippen LogP contribution in [0, 0.1) is 0 Å². The van der Waals surface area contributed by atoms with E-state index in [1.165, 1.54) is 17.8 Å². The van der Waals surface area contributed by atoms with Crippen LogP contribution in [-0.4, -0.2) is 34.8 Å². The molecule has 0 fully saturated rings. The zero-order valence-electron chi connectivity index (χ0n) is 16.1. The minimum absolute atomic E-state index is 0.178. The van der Waals surface area contributed by atoms with Crippen molar-refractivity contribution in [2.45, 2.75) is 78.5 Å². The van der Waals surface area contributed by atoms with E-state index in [0.717, 1.165) is 26.1 Å². The average Bonchev–Trinajstić information content (AvgIpc) is 2.40. The first kappa shape index (κ1) is 19.7. The van der Waals surface area contributed by atoms with E-state index in [2.05, 4.69) is 77.5 Å². The molecule has 1 N–H and O–H groups in total. The van der Waals surface area contributed by atoms with Gasteiger partial charge in [-0.05, 0) is 42.1 Å². The van der Waals surface area contributed by atoms with Crippen LogP contribution in [0.3, 0.4) is 0 Å². The van der Waals surface area contributed by atoms with Crippen molar-refractivity contribution in [1.82, 2.24) is 10.2 Å². The summed E-state index contributed by atoms with van der Waals surface area (Å²) in [7, 11) is -0.178. The summed E-state index contributed by atoms with van der Waals surface area (Å²) in [6.45, 7) is 22.1. The minimum Gasteiger partial charge on any atom is -0.361 e. The second-order valence-electron chi connectivity index (χ2n) is 8.22. The first-order valence-electron chi connectivity index (χ1n) is 8.76. The predicted octanol–water partition coefficient (Wildman–Crippen LogP) is 5.52. The average molecular weight is 324 g/mol. The van der Waals surface area contributed by atoms with E-state index >= 15 is 0 Å². The van der Waals surface area contributed by atoms with Crippen molar-refractivity contribution in [2.75, 3.05) is 19.6 Å². The molecule has 1 heterocycles. The van der Waals surface area contributed by atoms with Crippen LogP contribution in [-0.2, 0) is 0 Å². The number of nitrogens with one attached hydrogen (secondary N) is 1. The molecule has 22 heavy (non-hydrogen) atoms. The molecule has 0 radical (unpaired) electrons. The summed E-state index contributed by atoms with van der Waals surface area (Å²) in [4.78, 5) is 2.47. The summed E-state index contributed by atoms with van der Waals surface area (Å²) in [5, 5.41) is 4.42. The Hall–Kier alpha value is -0.330. The quantitative estimate of drug-likeness (QED) is 0.670. The minimum atomic E-state index is -0.178. The summed E-state index contributed by atoms with van der Waals surface area (Å²) < 4.78 is 0. The molecule has 0 spiro atoms. The second-order valence-corrected chi connectivity index (χ2v) is 11.9. The molecule has 1 aliphatic heterocycles. The van der Waals surface area contributed by atoms with Crippen molar-refractivity contribution >= 4 is 7.92 Å². The standard InChI is InChI=1S/C19H37N2P/c1-9-21(10-2)14-16-12-11-13-17(20-16)15-22(18(3,4)5)19(6,7)8/h12,15,20H,9-11,13-14H2,1-8H3/b17-15+. The van der Waals surface area contributed by atoms with Gasteiger partial charge >= 0.3 is 0 Å². The molecule has 0 bridgehead atoms. The highest BCUT2D eigenvalue weighted by Gasteiger charge is 2.33. The second kappa shape index (κ2) is 7.97. The maximum Gasteiger partial charge on any atom is 0.0381 e. The molecule has 0 aromatic carbocycles. The Morgan fingerprint density at radius 3 is 2.09 bits per heavy atom. The van der Waals surface area contributed by atoms with Gasteiger partial charge in [-0.2, -0.15) is 0 Å². The summed E-state index contributed by atoms with van der Waals surface area (Å²) in [5.41, 5.74) is 2.83. The van der Waals surface area contributed by atoms with Gasteiger partial charge in [-0.25, -0.2) is 0 Å². The van der Waals surface area contributed by atoms with Crippen molar-refractivity contribution in [1.29, 1.82) is 0 Å². The molecule has 0 atom stereocenters. The maximum atomic E-state index is 3.72. The maximum absolute atomic E-state index is 3.72. The van der Waals surface area contributed by atoms with Crippen LogP contribution in [0.25, 0.3) is 0 Å². The number of nitrogens with zero attached hydrogens (tertiary/aromatic N) is 1. The fraction of sp³-hybridized carbons (Fsp3) is 0.789. The van der Waals surface area contributed by atoms with Gasteiger partial charge in [0.15, 0.2) is 0 Å². The van der Waals surface area contributed by atoms with Gasteiger partial charge in [-0.15, -0.1) is 0 Å². The molecule has 0 amide bonds. The lowest BCUT2D eigenvalue weighted by Crippen LogP contribution is -2.32. The summed E-state index contributed by atoms with van der Waals surface area (Å²) >= 11 is 0. The van der Waals surface area contributed by atoms with E-state index in [-0.39, 0.29) is 7.92 Å². The van der Waals surface area contributed by atoms with Crippen LogP contribution in [0.2, 0.25) is 0 Å². The zero-order valence-corrected chi connectivity index (χ0v) is 17.0. The lowest BCUT2D eigenvalue weighted by Gasteiger charge is -2.40. The summed E-state index contributed by atoms with van der Waals surface area (Å²) in [6, 6.07) is 0. The molecule has 0 aromatic heterocycles. The van der Waals surface area contributed by atoms with E-state index in [0.29, 0.717) is 10.3 Å². The Balaban J connectivity index is 2.86. The largest absolute Gasteiger partial charge is 0.361 e. The van der Waals surface area contributed by atoms with Gasteiger partial charge < -0.3 is 5.32 Å². The van der Waals surface area contributed by atoms with Crippen LogP contribution in [0.4, 0.5) is 0 Å². The lowest BCUT2D eigenvalue weighted by atomic mass is 10.1. The normalized spacial score (nSPS) is 18.8. The highest BCUT2D eigenvalue weighted by atomic mass is 31.1. The van der Waals surface area contributed by atoms with Crippen LogP contribution >= 0.6 is 7.92 Å². The SMILES string of the molecule is CCN(CC)CC1=CCC/C(=C\P(C(C)(C)C)C(C)(C)C)N1. The van der Waals surface area contributed by atoms with Crippen molar-refractivity contribution in [2.24, 2.45) is 0 Å². The number of allylic oxidation sites excluding steroid dienone is 2. The molecule has 128 valence electrons. The van der Waals surface area contributed by atoms with Crippen molar-refractivity contribution < 1.29 is 0 Å². The molecule has 1 aliphatic rings. The number of hydrogen-bond donors (Lipinski definition) is 1. The van der Waals surface area contributed by atoms with Gasteiger partial charge in [0.2, 0.25) is 0 Å². The molecule has 1 rings (SSSR count). The molecule has 2 nitrogen and oxygen atoms in total. The number of likely N-dealkylation sites (N-methyl/N-ethyl adjacent to an activating group) is 1. The molecule has 0 aromatic rings. The molecular formula is C19H37N2P. The van der Waals surface area contributed by atoms with Gasteiger partial charge in [-0.1, -0.05) is 69.4 Å². The lowest BCUT2D eigenvalue weighted by molar-refractivity contribution is 0.323. The Morgan fingerprint density at radius 2 is 1.64 bits per heavy atom. The summed E-state index contributed by atoms with van der Waals surface area (Å²) in [5.74, 6) is 2.57. The fourth-order valence-corrected chi connectivity index (χ4v) is 6.45. The van der Waals surface area contributed by atoms with Crippen molar-refractivity contribution in [3.05, 3.63) is 23.3 Å². The third-order valence-corrected chi connectivity index (χ3v) is 7.60. The van der Waals surface area contributed by atoms with E-state index in [9.17, 15) is 0 Å². The van der Waals surface area contributed by atoms with Gasteiger partial charge in [0, 0.05) is 17.9 Å². The van der Waals surface area contributed by atoms with Crippen LogP contribution in [0.15, 0.2) is 23.3 Å². The van der Waals surface area contributed by atoms with Crippen molar-refractivity contribution in [3.63, 3.8) is 0 Å². The smallest absolute Gasteiger partial charge is 0.0381 e. The first-order valence-corrected chi connectivity index (χ1v) is 10.2. The zero-order chi connectivity index (χ0) is 17.0. The van der Waals surface area contributed by atoms with Gasteiger partial charge in [0.1, 0.15) is 0 Å². The van der Waals surface area contributed by atoms with Crippen LogP contribution < -0.4 is 5.32 Å². The molecule has 0 saturated carbocycles. The molecule has 0 saturated heterocycles. The van der Waals surface area contributed by atoms with Crippen molar-refractivity contribution in [3.8, 4) is 0 Å². The molecular weight excluding hydrogens is 287 g/mol. The Morgan fingerprint density at radius 1 is 1.09 bits per heavy atom. The molecule has 0 aliphatic carbocycles. The first-order chi connectivity index (χ1) is 10.1. The van der Waals surface area contributed by atoms with Gasteiger partial charge in [0.25, 0.3) is 0 Å². The van der Waals surface area contributed by atoms with E-state index in [1.54, 1.807) is 0 Å². The Labute approximate surface area is 140 Å². The highest BCUT2D eigenvalue weighted by Crippen LogP contribution is 2.60. The monoisotopic (exact) mass is 324 g/mol.